The highest BCUT2D eigenvalue weighted by Gasteiger charge is 2.03. The van der Waals surface area contributed by atoms with Gasteiger partial charge < -0.3 is 10.1 Å². The molecule has 0 bridgehead atoms. The minimum atomic E-state index is 0.537. The highest BCUT2D eigenvalue weighted by molar-refractivity contribution is 7.09. The molecule has 0 atom stereocenters. The Kier molecular flexibility index (Phi) is 5.36. The van der Waals surface area contributed by atoms with Crippen molar-refractivity contribution in [3.05, 3.63) is 45.9 Å². The average Bonchev–Trinajstić information content (AvgIpc) is 2.86. The number of aromatic nitrogens is 1. The van der Waals surface area contributed by atoms with E-state index in [1.807, 2.05) is 18.2 Å². The van der Waals surface area contributed by atoms with E-state index in [1.54, 1.807) is 11.3 Å². The summed E-state index contributed by atoms with van der Waals surface area (Å²) in [6.45, 7) is 6.64. The Bertz CT molecular complexity index is 510. The van der Waals surface area contributed by atoms with Crippen molar-refractivity contribution < 1.29 is 4.74 Å². The second-order valence-corrected chi connectivity index (χ2v) is 5.41. The molecule has 1 N–H and O–H groups in total. The second kappa shape index (κ2) is 7.26. The van der Waals surface area contributed by atoms with Gasteiger partial charge in [0.15, 0.2) is 0 Å². The number of nitrogens with one attached hydrogen (secondary N) is 1. The van der Waals surface area contributed by atoms with Crippen LogP contribution in [0.2, 0.25) is 0 Å². The van der Waals surface area contributed by atoms with Gasteiger partial charge in [0.2, 0.25) is 0 Å². The molecule has 2 aromatic rings. The van der Waals surface area contributed by atoms with Gasteiger partial charge in [0.1, 0.15) is 17.4 Å². The first-order valence-corrected chi connectivity index (χ1v) is 7.50. The van der Waals surface area contributed by atoms with Crippen molar-refractivity contribution in [1.82, 2.24) is 10.3 Å². The lowest BCUT2D eigenvalue weighted by Gasteiger charge is -2.06. The Morgan fingerprint density at radius 1 is 1.32 bits per heavy atom. The fourth-order valence-electron chi connectivity index (χ4n) is 1.74. The summed E-state index contributed by atoms with van der Waals surface area (Å²) in [5.74, 6) is 0.932. The van der Waals surface area contributed by atoms with Crippen LogP contribution < -0.4 is 10.1 Å². The normalized spacial score (nSPS) is 10.6. The SMILES string of the molecule is CCCNCc1nc(COc2ccccc2C)cs1. The molecule has 0 aliphatic carbocycles. The lowest BCUT2D eigenvalue weighted by molar-refractivity contribution is 0.300. The van der Waals surface area contributed by atoms with Gasteiger partial charge in [0, 0.05) is 11.9 Å². The number of hydrogen-bond donors (Lipinski definition) is 1. The van der Waals surface area contributed by atoms with Gasteiger partial charge in [0.25, 0.3) is 0 Å². The summed E-state index contributed by atoms with van der Waals surface area (Å²) >= 11 is 1.69. The summed E-state index contributed by atoms with van der Waals surface area (Å²) in [5, 5.41) is 6.55. The van der Waals surface area contributed by atoms with Crippen LogP contribution in [0.5, 0.6) is 5.75 Å². The van der Waals surface area contributed by atoms with Crippen molar-refractivity contribution in [2.75, 3.05) is 6.54 Å². The first-order chi connectivity index (χ1) is 9.29. The Hall–Kier alpha value is -1.39. The minimum Gasteiger partial charge on any atom is -0.487 e. The van der Waals surface area contributed by atoms with Crippen LogP contribution in [0.3, 0.4) is 0 Å². The Morgan fingerprint density at radius 2 is 2.16 bits per heavy atom. The van der Waals surface area contributed by atoms with Gasteiger partial charge in [-0.05, 0) is 31.5 Å². The maximum absolute atomic E-state index is 5.79. The van der Waals surface area contributed by atoms with E-state index in [1.165, 1.54) is 0 Å². The fourth-order valence-corrected chi connectivity index (χ4v) is 2.49. The second-order valence-electron chi connectivity index (χ2n) is 4.46. The summed E-state index contributed by atoms with van der Waals surface area (Å²) in [6.07, 6.45) is 1.15. The highest BCUT2D eigenvalue weighted by atomic mass is 32.1. The van der Waals surface area contributed by atoms with Crippen molar-refractivity contribution in [2.24, 2.45) is 0 Å². The summed E-state index contributed by atoms with van der Waals surface area (Å²) in [6, 6.07) is 8.05. The maximum atomic E-state index is 5.79. The molecule has 1 aromatic heterocycles. The summed E-state index contributed by atoms with van der Waals surface area (Å²) in [4.78, 5) is 4.56. The molecular formula is C15H20N2OS. The Labute approximate surface area is 118 Å². The van der Waals surface area contributed by atoms with Crippen LogP contribution in [-0.2, 0) is 13.2 Å². The van der Waals surface area contributed by atoms with E-state index >= 15 is 0 Å². The largest absolute Gasteiger partial charge is 0.487 e. The van der Waals surface area contributed by atoms with Crippen molar-refractivity contribution in [1.29, 1.82) is 0 Å². The van der Waals surface area contributed by atoms with E-state index in [4.69, 9.17) is 4.74 Å². The van der Waals surface area contributed by atoms with Gasteiger partial charge in [-0.2, -0.15) is 0 Å². The van der Waals surface area contributed by atoms with Crippen molar-refractivity contribution in [3.8, 4) is 5.75 Å². The number of para-hydroxylation sites is 1. The molecule has 2 rings (SSSR count). The predicted octanol–water partition coefficient (Wildman–Crippen LogP) is 3.53. The molecule has 102 valence electrons. The molecule has 0 saturated carbocycles. The lowest BCUT2D eigenvalue weighted by Crippen LogP contribution is -2.13. The molecule has 0 saturated heterocycles. The molecule has 1 aromatic carbocycles. The van der Waals surface area contributed by atoms with Gasteiger partial charge >= 0.3 is 0 Å². The quantitative estimate of drug-likeness (QED) is 0.786. The molecule has 0 radical (unpaired) electrons. The molecule has 0 aliphatic heterocycles. The van der Waals surface area contributed by atoms with Gasteiger partial charge in [-0.1, -0.05) is 25.1 Å². The van der Waals surface area contributed by atoms with E-state index in [2.05, 4.69) is 35.6 Å². The van der Waals surface area contributed by atoms with Crippen LogP contribution in [0.1, 0.15) is 29.6 Å². The zero-order valence-corrected chi connectivity index (χ0v) is 12.3. The third-order valence-corrected chi connectivity index (χ3v) is 3.67. The van der Waals surface area contributed by atoms with Gasteiger partial charge in [-0.15, -0.1) is 11.3 Å². The van der Waals surface area contributed by atoms with Gasteiger partial charge in [-0.3, -0.25) is 0 Å². The standard InChI is InChI=1S/C15H20N2OS/c1-3-8-16-9-15-17-13(11-19-15)10-18-14-7-5-4-6-12(14)2/h4-7,11,16H,3,8-10H2,1-2H3. The number of rotatable bonds is 7. The van der Waals surface area contributed by atoms with Crippen LogP contribution >= 0.6 is 11.3 Å². The van der Waals surface area contributed by atoms with Gasteiger partial charge in [-0.25, -0.2) is 4.98 Å². The smallest absolute Gasteiger partial charge is 0.131 e. The maximum Gasteiger partial charge on any atom is 0.131 e. The number of aryl methyl sites for hydroxylation is 1. The predicted molar refractivity (Wildman–Crippen MR) is 79.6 cm³/mol. The monoisotopic (exact) mass is 276 g/mol. The topological polar surface area (TPSA) is 34.2 Å². The van der Waals surface area contributed by atoms with E-state index < -0.39 is 0 Å². The van der Waals surface area contributed by atoms with Crippen LogP contribution in [0.15, 0.2) is 29.6 Å². The minimum absolute atomic E-state index is 0.537. The molecule has 0 spiro atoms. The molecule has 3 nitrogen and oxygen atoms in total. The fraction of sp³-hybridized carbons (Fsp3) is 0.400. The Balaban J connectivity index is 1.85. The molecule has 0 aliphatic rings. The van der Waals surface area contributed by atoms with Crippen LogP contribution in [0, 0.1) is 6.92 Å². The Morgan fingerprint density at radius 3 is 2.95 bits per heavy atom. The number of thiazole rings is 1. The summed E-state index contributed by atoms with van der Waals surface area (Å²) in [7, 11) is 0. The van der Waals surface area contributed by atoms with E-state index in [0.29, 0.717) is 6.61 Å². The first-order valence-electron chi connectivity index (χ1n) is 6.62. The van der Waals surface area contributed by atoms with Crippen molar-refractivity contribution in [2.45, 2.75) is 33.4 Å². The lowest BCUT2D eigenvalue weighted by atomic mass is 10.2. The van der Waals surface area contributed by atoms with E-state index in [9.17, 15) is 0 Å². The molecule has 0 fully saturated rings. The average molecular weight is 276 g/mol. The highest BCUT2D eigenvalue weighted by Crippen LogP contribution is 2.18. The molecular weight excluding hydrogens is 256 g/mol. The number of ether oxygens (including phenoxy) is 1. The van der Waals surface area contributed by atoms with Crippen LogP contribution in [0.4, 0.5) is 0 Å². The molecule has 0 amide bonds. The number of nitrogens with zero attached hydrogens (tertiary/aromatic N) is 1. The number of benzene rings is 1. The zero-order valence-electron chi connectivity index (χ0n) is 11.5. The molecule has 1 heterocycles. The molecule has 4 heteroatoms. The third-order valence-electron chi connectivity index (χ3n) is 2.77. The molecule has 0 unspecified atom stereocenters. The summed E-state index contributed by atoms with van der Waals surface area (Å²) in [5.41, 5.74) is 2.16. The van der Waals surface area contributed by atoms with E-state index in [-0.39, 0.29) is 0 Å². The van der Waals surface area contributed by atoms with E-state index in [0.717, 1.165) is 41.5 Å². The summed E-state index contributed by atoms with van der Waals surface area (Å²) < 4.78 is 5.79. The van der Waals surface area contributed by atoms with Gasteiger partial charge in [0.05, 0.1) is 5.69 Å². The first kappa shape index (κ1) is 14.0. The zero-order chi connectivity index (χ0) is 13.5. The number of hydrogen-bond acceptors (Lipinski definition) is 4. The van der Waals surface area contributed by atoms with Crippen molar-refractivity contribution >= 4 is 11.3 Å². The van der Waals surface area contributed by atoms with Crippen molar-refractivity contribution in [3.63, 3.8) is 0 Å². The van der Waals surface area contributed by atoms with Crippen LogP contribution in [-0.4, -0.2) is 11.5 Å². The third kappa shape index (κ3) is 4.33. The van der Waals surface area contributed by atoms with Crippen LogP contribution in [0.25, 0.3) is 0 Å². The molecule has 19 heavy (non-hydrogen) atoms.